The van der Waals surface area contributed by atoms with Crippen LogP contribution in [0.5, 0.6) is 11.6 Å². The van der Waals surface area contributed by atoms with Crippen molar-refractivity contribution >= 4 is 6.29 Å². The monoisotopic (exact) mass is 289 g/mol. The maximum absolute atomic E-state index is 12.5. The zero-order valence-corrected chi connectivity index (χ0v) is 9.09. The topological polar surface area (TPSA) is 48.4 Å². The molecule has 10 heteroatoms. The lowest BCUT2D eigenvalue weighted by atomic mass is 10.2. The van der Waals surface area contributed by atoms with E-state index in [4.69, 9.17) is 0 Å². The van der Waals surface area contributed by atoms with Crippen LogP contribution in [0.15, 0.2) is 6.07 Å². The molecular formula is C9H5F6NO3. The predicted molar refractivity (Wildman–Crippen MR) is 47.9 cm³/mol. The van der Waals surface area contributed by atoms with Crippen molar-refractivity contribution in [2.24, 2.45) is 0 Å². The molecule has 0 aliphatic carbocycles. The molecule has 0 atom stereocenters. The summed E-state index contributed by atoms with van der Waals surface area (Å²) >= 11 is 0. The quantitative estimate of drug-likeness (QED) is 0.634. The molecule has 19 heavy (non-hydrogen) atoms. The molecule has 0 aliphatic rings. The van der Waals surface area contributed by atoms with Gasteiger partial charge in [0.05, 0.1) is 12.7 Å². The van der Waals surface area contributed by atoms with Crippen LogP contribution < -0.4 is 9.47 Å². The van der Waals surface area contributed by atoms with E-state index in [1.165, 1.54) is 0 Å². The van der Waals surface area contributed by atoms with E-state index in [0.29, 0.717) is 6.07 Å². The second-order valence-electron chi connectivity index (χ2n) is 3.10. The van der Waals surface area contributed by atoms with Crippen LogP contribution in [0.1, 0.15) is 16.1 Å². The van der Waals surface area contributed by atoms with Crippen LogP contribution in [0.25, 0.3) is 0 Å². The number of methoxy groups -OCH3 is 1. The Hall–Kier alpha value is -2.00. The summed E-state index contributed by atoms with van der Waals surface area (Å²) in [4.78, 5) is 13.2. The van der Waals surface area contributed by atoms with E-state index in [-0.39, 0.29) is 6.29 Å². The van der Waals surface area contributed by atoms with E-state index in [0.717, 1.165) is 7.11 Å². The third-order valence-corrected chi connectivity index (χ3v) is 1.81. The number of aromatic nitrogens is 1. The lowest BCUT2D eigenvalue weighted by Gasteiger charge is -2.15. The first-order valence-electron chi connectivity index (χ1n) is 4.45. The first kappa shape index (κ1) is 15.1. The van der Waals surface area contributed by atoms with Crippen LogP contribution in [0, 0.1) is 0 Å². The molecule has 0 bridgehead atoms. The summed E-state index contributed by atoms with van der Waals surface area (Å²) in [7, 11) is 0.852. The first-order valence-corrected chi connectivity index (χ1v) is 4.45. The van der Waals surface area contributed by atoms with E-state index in [9.17, 15) is 31.1 Å². The Morgan fingerprint density at radius 1 is 1.21 bits per heavy atom. The molecule has 1 rings (SSSR count). The molecule has 0 spiro atoms. The molecule has 0 fully saturated rings. The second kappa shape index (κ2) is 4.94. The van der Waals surface area contributed by atoms with Crippen LogP contribution in [-0.2, 0) is 6.18 Å². The Morgan fingerprint density at radius 2 is 1.79 bits per heavy atom. The Morgan fingerprint density at radius 3 is 2.16 bits per heavy atom. The maximum atomic E-state index is 12.5. The molecule has 0 N–H and O–H groups in total. The van der Waals surface area contributed by atoms with Crippen LogP contribution in [0.4, 0.5) is 26.3 Å². The minimum absolute atomic E-state index is 0.128. The van der Waals surface area contributed by atoms with Gasteiger partial charge in [-0.2, -0.15) is 13.2 Å². The Labute approximate surface area is 101 Å². The number of nitrogens with zero attached hydrogens (tertiary/aromatic N) is 1. The minimum Gasteiger partial charge on any atom is -0.494 e. The summed E-state index contributed by atoms with van der Waals surface area (Å²) in [6, 6.07) is 0.462. The van der Waals surface area contributed by atoms with Crippen molar-refractivity contribution in [2.75, 3.05) is 7.11 Å². The van der Waals surface area contributed by atoms with Crippen LogP contribution in [0.3, 0.4) is 0 Å². The van der Waals surface area contributed by atoms with Crippen molar-refractivity contribution in [3.63, 3.8) is 0 Å². The van der Waals surface area contributed by atoms with E-state index in [2.05, 4.69) is 14.5 Å². The van der Waals surface area contributed by atoms with Gasteiger partial charge in [-0.05, 0) is 6.07 Å². The Bertz CT molecular complexity index is 482. The minimum atomic E-state index is -5.28. The number of rotatable bonds is 3. The number of carbonyl (C=O) groups excluding carboxylic acids is 1. The largest absolute Gasteiger partial charge is 0.574 e. The van der Waals surface area contributed by atoms with E-state index in [1.54, 1.807) is 0 Å². The molecule has 1 heterocycles. The van der Waals surface area contributed by atoms with Crippen molar-refractivity contribution in [3.8, 4) is 11.6 Å². The molecule has 0 radical (unpaired) electrons. The highest BCUT2D eigenvalue weighted by Crippen LogP contribution is 2.38. The zero-order chi connectivity index (χ0) is 14.8. The first-order chi connectivity index (χ1) is 8.58. The molecule has 0 saturated heterocycles. The normalized spacial score (nSPS) is 12.2. The highest BCUT2D eigenvalue weighted by molar-refractivity contribution is 5.79. The average Bonchev–Trinajstić information content (AvgIpc) is 2.25. The number of hydrogen-bond donors (Lipinski definition) is 0. The average molecular weight is 289 g/mol. The fourth-order valence-electron chi connectivity index (χ4n) is 1.13. The van der Waals surface area contributed by atoms with Crippen LogP contribution in [0.2, 0.25) is 0 Å². The SMILES string of the molecule is COc1cc(C=O)c(OC(F)(F)F)nc1C(F)(F)F. The summed E-state index contributed by atoms with van der Waals surface area (Å²) in [6.07, 6.45) is -10.5. The molecule has 106 valence electrons. The number of hydrogen-bond acceptors (Lipinski definition) is 4. The molecule has 4 nitrogen and oxygen atoms in total. The molecule has 0 unspecified atom stereocenters. The Kier molecular flexibility index (Phi) is 3.91. The summed E-state index contributed by atoms with van der Waals surface area (Å²) in [6.45, 7) is 0. The molecule has 0 aliphatic heterocycles. The summed E-state index contributed by atoms with van der Waals surface area (Å²) in [5, 5.41) is 0. The van der Waals surface area contributed by atoms with E-state index >= 15 is 0 Å². The van der Waals surface area contributed by atoms with E-state index < -0.39 is 35.4 Å². The smallest absolute Gasteiger partial charge is 0.494 e. The predicted octanol–water partition coefficient (Wildman–Crippen LogP) is 2.82. The van der Waals surface area contributed by atoms with Crippen molar-refractivity contribution in [3.05, 3.63) is 17.3 Å². The van der Waals surface area contributed by atoms with Gasteiger partial charge in [0.15, 0.2) is 17.7 Å². The standard InChI is InChI=1S/C9H5F6NO3/c1-18-5-2-4(3-17)7(19-9(13,14)15)16-6(5)8(10,11)12/h2-3H,1H3. The van der Waals surface area contributed by atoms with Gasteiger partial charge >= 0.3 is 12.5 Å². The van der Waals surface area contributed by atoms with Gasteiger partial charge in [0.1, 0.15) is 0 Å². The van der Waals surface area contributed by atoms with Gasteiger partial charge in [-0.25, -0.2) is 4.98 Å². The zero-order valence-electron chi connectivity index (χ0n) is 9.09. The van der Waals surface area contributed by atoms with Gasteiger partial charge in [0, 0.05) is 0 Å². The van der Waals surface area contributed by atoms with Crippen molar-refractivity contribution in [1.82, 2.24) is 4.98 Å². The highest BCUT2D eigenvalue weighted by Gasteiger charge is 2.40. The van der Waals surface area contributed by atoms with Crippen molar-refractivity contribution < 1.29 is 40.6 Å². The Balaban J connectivity index is 3.42. The third kappa shape index (κ3) is 3.73. The lowest BCUT2D eigenvalue weighted by molar-refractivity contribution is -0.276. The van der Waals surface area contributed by atoms with Gasteiger partial charge in [0.25, 0.3) is 0 Å². The fraction of sp³-hybridized carbons (Fsp3) is 0.333. The summed E-state index contributed by atoms with van der Waals surface area (Å²) in [5.41, 5.74) is -2.54. The molecular weight excluding hydrogens is 284 g/mol. The second-order valence-corrected chi connectivity index (χ2v) is 3.10. The molecule has 0 saturated carbocycles. The molecule has 1 aromatic heterocycles. The van der Waals surface area contributed by atoms with Gasteiger partial charge in [-0.3, -0.25) is 4.79 Å². The van der Waals surface area contributed by atoms with Crippen LogP contribution >= 0.6 is 0 Å². The molecule has 0 amide bonds. The lowest BCUT2D eigenvalue weighted by Crippen LogP contribution is -2.21. The number of halogens is 6. The summed E-state index contributed by atoms with van der Waals surface area (Å²) in [5.74, 6) is -2.38. The summed E-state index contributed by atoms with van der Waals surface area (Å²) < 4.78 is 81.1. The van der Waals surface area contributed by atoms with Gasteiger partial charge in [-0.15, -0.1) is 13.2 Å². The van der Waals surface area contributed by atoms with E-state index in [1.807, 2.05) is 0 Å². The molecule has 1 aromatic rings. The van der Waals surface area contributed by atoms with Crippen LogP contribution in [-0.4, -0.2) is 24.7 Å². The number of pyridine rings is 1. The third-order valence-electron chi connectivity index (χ3n) is 1.81. The van der Waals surface area contributed by atoms with Gasteiger partial charge in [0.2, 0.25) is 5.88 Å². The fourth-order valence-corrected chi connectivity index (χ4v) is 1.13. The maximum Gasteiger partial charge on any atom is 0.574 e. The highest BCUT2D eigenvalue weighted by atomic mass is 19.4. The number of aldehydes is 1. The number of alkyl halides is 6. The van der Waals surface area contributed by atoms with Crippen molar-refractivity contribution in [1.29, 1.82) is 0 Å². The molecule has 0 aromatic carbocycles. The van der Waals surface area contributed by atoms with Gasteiger partial charge in [-0.1, -0.05) is 0 Å². The van der Waals surface area contributed by atoms with Crippen molar-refractivity contribution in [2.45, 2.75) is 12.5 Å². The van der Waals surface area contributed by atoms with Gasteiger partial charge < -0.3 is 9.47 Å². The number of ether oxygens (including phenoxy) is 2. The number of carbonyl (C=O) groups is 1.